The molecule has 10 aliphatic rings. The minimum atomic E-state index is -1.89. The molecule has 0 radical (unpaired) electrons. The van der Waals surface area contributed by atoms with Crippen LogP contribution in [0, 0.1) is 0 Å². The SMILES string of the molecule is CC[C@]1(O)C[C@H](O[C@H]2C[C@@H](N(C)C)[C@@H](O[C@H]3C[C@H]4O[C@H]5CC(=O)[C@@H](C)O[C@@H]5O[C@H]4[C@@H](C)O3)[C@@H](C)O2)c2c(O)c3c(c(O)c2[C@H]1O[C@H]1C[C@@H](N(C)C)[C@H](O[C@H]2C[C@H]4O[C@H]5CC(=O)[C@@H](C)O[C@@H]5O[C@H]4[C@@H](C)O2)[C@@H](C)O1)C(=O)c1cccc(O)c1C3=O. The number of phenolic OH excluding ortho intramolecular Hbond substituents is 3. The van der Waals surface area contributed by atoms with Crippen molar-refractivity contribution in [2.75, 3.05) is 28.2 Å². The Balaban J connectivity index is 0.806. The second-order valence-corrected chi connectivity index (χ2v) is 25.0. The van der Waals surface area contributed by atoms with Gasteiger partial charge in [0.05, 0.1) is 65.0 Å². The number of rotatable bonds is 11. The van der Waals surface area contributed by atoms with E-state index in [1.165, 1.54) is 18.2 Å². The van der Waals surface area contributed by atoms with Gasteiger partial charge in [-0.25, -0.2) is 0 Å². The highest BCUT2D eigenvalue weighted by molar-refractivity contribution is 6.31. The summed E-state index contributed by atoms with van der Waals surface area (Å²) in [5.74, 6) is -3.77. The van der Waals surface area contributed by atoms with Crippen LogP contribution in [0.5, 0.6) is 17.2 Å². The quantitative estimate of drug-likeness (QED) is 0.196. The van der Waals surface area contributed by atoms with Gasteiger partial charge in [0.15, 0.2) is 55.1 Å². The maximum absolute atomic E-state index is 14.6. The molecule has 0 spiro atoms. The first-order valence-electron chi connectivity index (χ1n) is 29.7. The highest BCUT2D eigenvalue weighted by Gasteiger charge is 2.57. The molecule has 8 aliphatic heterocycles. The minimum absolute atomic E-state index is 0.00740. The largest absolute Gasteiger partial charge is 0.507 e. The minimum Gasteiger partial charge on any atom is -0.507 e. The maximum Gasteiger partial charge on any atom is 0.202 e. The number of aliphatic hydroxyl groups is 1. The van der Waals surface area contributed by atoms with Crippen molar-refractivity contribution < 1.29 is 106 Å². The van der Waals surface area contributed by atoms with Crippen LogP contribution in [0.25, 0.3) is 0 Å². The number of nitrogens with zero attached hydrogens (tertiary/aromatic N) is 2. The van der Waals surface area contributed by atoms with Crippen LogP contribution in [-0.4, -0.2) is 222 Å². The molecule has 2 aromatic rings. The highest BCUT2D eigenvalue weighted by atomic mass is 16.8. The molecule has 2 aromatic carbocycles. The predicted octanol–water partition coefficient (Wildman–Crippen LogP) is 4.12. The standard InChI is InChI=1S/C60H80N2O22/c1-12-60(70)22-39(79-40-16-30(61(8)9)53(25(4)71-40)80-42-20-35-55(27(6)73-42)83-58-37(77-35)18-33(64)23(2)75-58)45-48(52(69)46-47(51(45)68)50(67)44-29(49(46)66)14-13-15-32(44)63)57(60)82-41-17-31(62(10)11)54(26(5)72-41)81-43-21-36-56(28(7)74-43)84-59-38(78-36)19-34(65)24(3)76-59/h13-15,23-28,30-31,35-43,53-59,63,68-70H,12,16-22H2,1-11H3/t23-,24-,25-,26-,27-,28-,30-,31-,35-,36-,37+,38+,39+,40+,41+,42+,43+,53+,54-,55+,56+,57-,58-,59-,60+/m1/s1. The molecule has 8 saturated heterocycles. The van der Waals surface area contributed by atoms with Crippen LogP contribution in [0.4, 0.5) is 0 Å². The van der Waals surface area contributed by atoms with Gasteiger partial charge in [-0.05, 0) is 82.2 Å². The van der Waals surface area contributed by atoms with Gasteiger partial charge in [-0.3, -0.25) is 19.2 Å². The lowest BCUT2D eigenvalue weighted by molar-refractivity contribution is -0.372. The number of benzene rings is 2. The van der Waals surface area contributed by atoms with Gasteiger partial charge in [0.25, 0.3) is 0 Å². The zero-order chi connectivity index (χ0) is 59.7. The van der Waals surface area contributed by atoms with Crippen LogP contribution in [-0.2, 0) is 75.9 Å². The van der Waals surface area contributed by atoms with Crippen molar-refractivity contribution in [3.05, 3.63) is 51.6 Å². The number of hydrogen-bond acceptors (Lipinski definition) is 24. The zero-order valence-corrected chi connectivity index (χ0v) is 49.3. The normalized spacial score (nSPS) is 43.9. The summed E-state index contributed by atoms with van der Waals surface area (Å²) < 4.78 is 90.6. The van der Waals surface area contributed by atoms with Crippen LogP contribution >= 0.6 is 0 Å². The number of hydrogen-bond donors (Lipinski definition) is 4. The summed E-state index contributed by atoms with van der Waals surface area (Å²) in [4.78, 5) is 58.2. The van der Waals surface area contributed by atoms with Gasteiger partial charge in [-0.1, -0.05) is 19.1 Å². The first-order chi connectivity index (χ1) is 39.9. The molecule has 0 bridgehead atoms. The first kappa shape index (κ1) is 60.1. The van der Waals surface area contributed by atoms with E-state index in [9.17, 15) is 39.6 Å². The van der Waals surface area contributed by atoms with E-state index in [0.29, 0.717) is 12.8 Å². The third-order valence-electron chi connectivity index (χ3n) is 19.1. The Bertz CT molecular complexity index is 2870. The van der Waals surface area contributed by atoms with E-state index in [1.807, 2.05) is 65.7 Å². The van der Waals surface area contributed by atoms with Gasteiger partial charge in [0.2, 0.25) is 5.78 Å². The van der Waals surface area contributed by atoms with E-state index in [0.717, 1.165) is 0 Å². The number of fused-ring (bicyclic) bond motifs is 7. The molecular weight excluding hydrogens is 1100 g/mol. The Morgan fingerprint density at radius 2 is 1.00 bits per heavy atom. The van der Waals surface area contributed by atoms with Crippen molar-refractivity contribution in [1.29, 1.82) is 0 Å². The van der Waals surface area contributed by atoms with Gasteiger partial charge < -0.3 is 96.5 Å². The molecule has 4 N–H and O–H groups in total. The third-order valence-corrected chi connectivity index (χ3v) is 19.1. The van der Waals surface area contributed by atoms with Crippen molar-refractivity contribution in [3.8, 4) is 17.2 Å². The van der Waals surface area contributed by atoms with Crippen LogP contribution < -0.4 is 0 Å². The Labute approximate surface area is 487 Å². The second kappa shape index (κ2) is 23.1. The van der Waals surface area contributed by atoms with Crippen molar-refractivity contribution in [2.24, 2.45) is 0 Å². The van der Waals surface area contributed by atoms with Gasteiger partial charge in [-0.15, -0.1) is 0 Å². The summed E-state index contributed by atoms with van der Waals surface area (Å²) in [5.41, 5.74) is -3.78. The lowest BCUT2D eigenvalue weighted by atomic mass is 9.70. The monoisotopic (exact) mass is 1180 g/mol. The van der Waals surface area contributed by atoms with Crippen LogP contribution in [0.2, 0.25) is 0 Å². The van der Waals surface area contributed by atoms with Crippen LogP contribution in [0.3, 0.4) is 0 Å². The molecule has 2 aliphatic carbocycles. The van der Waals surface area contributed by atoms with E-state index >= 15 is 0 Å². The van der Waals surface area contributed by atoms with Crippen molar-refractivity contribution in [2.45, 2.75) is 253 Å². The van der Waals surface area contributed by atoms with Crippen LogP contribution in [0.15, 0.2) is 18.2 Å². The Morgan fingerprint density at radius 1 is 0.536 bits per heavy atom. The molecule has 24 nitrogen and oxygen atoms in total. The van der Waals surface area contributed by atoms with Crippen molar-refractivity contribution >= 4 is 23.1 Å². The molecule has 8 fully saturated rings. The molecule has 0 amide bonds. The van der Waals surface area contributed by atoms with Gasteiger partial charge >= 0.3 is 0 Å². The molecule has 0 unspecified atom stereocenters. The number of carbonyl (C=O) groups is 4. The Kier molecular flexibility index (Phi) is 16.5. The van der Waals surface area contributed by atoms with E-state index in [1.54, 1.807) is 20.8 Å². The predicted molar refractivity (Wildman–Crippen MR) is 288 cm³/mol. The molecule has 84 heavy (non-hydrogen) atoms. The average molecular weight is 1180 g/mol. The lowest BCUT2D eigenvalue weighted by Crippen LogP contribution is -2.62. The number of aromatic hydroxyl groups is 3. The first-order valence-corrected chi connectivity index (χ1v) is 29.7. The molecule has 8 heterocycles. The highest BCUT2D eigenvalue weighted by Crippen LogP contribution is 2.58. The average Bonchev–Trinajstić information content (AvgIpc) is 1.13. The lowest BCUT2D eigenvalue weighted by Gasteiger charge is -2.51. The Hall–Kier alpha value is -4.16. The van der Waals surface area contributed by atoms with Crippen LogP contribution in [0.1, 0.15) is 155 Å². The molecule has 24 heteroatoms. The molecule has 12 rings (SSSR count). The van der Waals surface area contributed by atoms with E-state index in [4.69, 9.17) is 66.3 Å². The smallest absolute Gasteiger partial charge is 0.202 e. The fourth-order valence-corrected chi connectivity index (χ4v) is 14.5. The number of phenols is 3. The summed E-state index contributed by atoms with van der Waals surface area (Å²) in [6.07, 6.45) is -14.3. The number of ketones is 4. The van der Waals surface area contributed by atoms with Gasteiger partial charge in [0.1, 0.15) is 72.2 Å². The van der Waals surface area contributed by atoms with Gasteiger partial charge in [0, 0.05) is 73.7 Å². The molecular formula is C60H80N2O22. The third kappa shape index (κ3) is 10.6. The number of Topliss-reactive ketones (excluding diaryl/α,β-unsaturated/α-hetero) is 2. The topological polar surface area (TPSA) is 285 Å². The number of ether oxygens (including phenoxy) is 14. The molecule has 462 valence electrons. The summed E-state index contributed by atoms with van der Waals surface area (Å²) in [6.45, 7) is 12.6. The summed E-state index contributed by atoms with van der Waals surface area (Å²) >= 11 is 0. The molecule has 0 aromatic heterocycles. The number of likely N-dealkylation sites (N-methyl/N-ethyl adjacent to an activating group) is 2. The second-order valence-electron chi connectivity index (χ2n) is 25.0. The molecule has 0 saturated carbocycles. The van der Waals surface area contributed by atoms with Crippen molar-refractivity contribution in [1.82, 2.24) is 9.80 Å². The van der Waals surface area contributed by atoms with Gasteiger partial charge in [-0.2, -0.15) is 0 Å². The maximum atomic E-state index is 14.6. The summed E-state index contributed by atoms with van der Waals surface area (Å²) in [7, 11) is 7.57. The molecule has 25 atom stereocenters. The van der Waals surface area contributed by atoms with E-state index in [-0.39, 0.29) is 78.4 Å². The fraction of sp³-hybridized carbons (Fsp3) is 0.733. The zero-order valence-electron chi connectivity index (χ0n) is 49.3. The van der Waals surface area contributed by atoms with E-state index in [2.05, 4.69) is 0 Å². The summed E-state index contributed by atoms with van der Waals surface area (Å²) in [5, 5.41) is 49.5. The fourth-order valence-electron chi connectivity index (χ4n) is 14.5. The van der Waals surface area contributed by atoms with Crippen molar-refractivity contribution in [3.63, 3.8) is 0 Å². The van der Waals surface area contributed by atoms with E-state index < -0.39 is 187 Å². The number of carbonyl (C=O) groups excluding carboxylic acids is 4. The summed E-state index contributed by atoms with van der Waals surface area (Å²) in [6, 6.07) is 3.24. The Morgan fingerprint density at radius 3 is 1.50 bits per heavy atom.